The molecule has 0 aliphatic carbocycles. The van der Waals surface area contributed by atoms with Gasteiger partial charge in [0.05, 0.1) is 11.0 Å². The molecule has 1 aliphatic rings. The van der Waals surface area contributed by atoms with Gasteiger partial charge < -0.3 is 10.1 Å². The molecule has 116 valence electrons. The predicted molar refractivity (Wildman–Crippen MR) is 80.5 cm³/mol. The van der Waals surface area contributed by atoms with E-state index in [-0.39, 0.29) is 27.1 Å². The molecular formula is C13H15Cl2NO4S. The summed E-state index contributed by atoms with van der Waals surface area (Å²) in [6.07, 6.45) is 1.88. The number of amides is 1. The van der Waals surface area contributed by atoms with Crippen LogP contribution in [0.1, 0.15) is 28.8 Å². The second-order valence-electron chi connectivity index (χ2n) is 4.86. The molecule has 1 aromatic rings. The third-order valence-corrected chi connectivity index (χ3v) is 5.01. The van der Waals surface area contributed by atoms with Crippen LogP contribution in [0.2, 0.25) is 5.02 Å². The number of hydrogen-bond acceptors (Lipinski definition) is 4. The van der Waals surface area contributed by atoms with Crippen molar-refractivity contribution in [3.63, 3.8) is 0 Å². The van der Waals surface area contributed by atoms with Crippen LogP contribution >= 0.6 is 22.3 Å². The number of carbonyl (C=O) groups excluding carboxylic acids is 1. The topological polar surface area (TPSA) is 72.5 Å². The van der Waals surface area contributed by atoms with E-state index in [0.29, 0.717) is 13.2 Å². The Morgan fingerprint density at radius 2 is 2.19 bits per heavy atom. The highest BCUT2D eigenvalue weighted by molar-refractivity contribution is 8.13. The standard InChI is InChI=1S/C13H15Cl2NO4S/c1-8-11(5-9(14)6-12(8)21(15,18)19)13(17)16-7-10-3-2-4-20-10/h5-6,10H,2-4,7H2,1H3,(H,16,17). The molecule has 5 nitrogen and oxygen atoms in total. The predicted octanol–water partition coefficient (Wildman–Crippen LogP) is 2.48. The summed E-state index contributed by atoms with van der Waals surface area (Å²) in [6, 6.07) is 2.66. The van der Waals surface area contributed by atoms with Gasteiger partial charge in [-0.15, -0.1) is 0 Å². The molecule has 8 heteroatoms. The Kier molecular flexibility index (Phi) is 5.14. The minimum Gasteiger partial charge on any atom is -0.376 e. The Bertz CT molecular complexity index is 654. The first kappa shape index (κ1) is 16.5. The minimum absolute atomic E-state index is 0.00432. The molecule has 1 saturated heterocycles. The lowest BCUT2D eigenvalue weighted by atomic mass is 10.1. The summed E-state index contributed by atoms with van der Waals surface area (Å²) in [5.41, 5.74) is 0.471. The lowest BCUT2D eigenvalue weighted by Crippen LogP contribution is -2.32. The summed E-state index contributed by atoms with van der Waals surface area (Å²) < 4.78 is 28.4. The van der Waals surface area contributed by atoms with Gasteiger partial charge in [-0.2, -0.15) is 0 Å². The van der Waals surface area contributed by atoms with Gasteiger partial charge in [-0.05, 0) is 37.5 Å². The van der Waals surface area contributed by atoms with E-state index >= 15 is 0 Å². The molecule has 21 heavy (non-hydrogen) atoms. The van der Waals surface area contributed by atoms with Crippen molar-refractivity contribution >= 4 is 37.2 Å². The monoisotopic (exact) mass is 351 g/mol. The quantitative estimate of drug-likeness (QED) is 0.845. The SMILES string of the molecule is Cc1c(C(=O)NCC2CCCO2)cc(Cl)cc1S(=O)(=O)Cl. The van der Waals surface area contributed by atoms with Crippen molar-refractivity contribution in [2.75, 3.05) is 13.2 Å². The highest BCUT2D eigenvalue weighted by Gasteiger charge is 2.22. The van der Waals surface area contributed by atoms with E-state index in [9.17, 15) is 13.2 Å². The summed E-state index contributed by atoms with van der Waals surface area (Å²) in [6.45, 7) is 2.60. The normalized spacial score (nSPS) is 18.7. The number of benzene rings is 1. The first-order valence-corrected chi connectivity index (χ1v) is 9.12. The van der Waals surface area contributed by atoms with Gasteiger partial charge in [0.15, 0.2) is 0 Å². The Hall–Kier alpha value is -0.820. The van der Waals surface area contributed by atoms with Gasteiger partial charge in [0.2, 0.25) is 0 Å². The first-order valence-electron chi connectivity index (χ1n) is 6.43. The van der Waals surface area contributed by atoms with Gasteiger partial charge in [-0.25, -0.2) is 8.42 Å². The van der Waals surface area contributed by atoms with E-state index in [1.165, 1.54) is 19.1 Å². The van der Waals surface area contributed by atoms with Crippen molar-refractivity contribution in [1.82, 2.24) is 5.32 Å². The van der Waals surface area contributed by atoms with E-state index in [0.717, 1.165) is 12.8 Å². The van der Waals surface area contributed by atoms with Crippen LogP contribution in [0.4, 0.5) is 0 Å². The molecule has 1 aliphatic heterocycles. The number of halogens is 2. The van der Waals surface area contributed by atoms with E-state index in [2.05, 4.69) is 5.32 Å². The number of ether oxygens (including phenoxy) is 1. The Balaban J connectivity index is 2.22. The summed E-state index contributed by atoms with van der Waals surface area (Å²) in [7, 11) is 1.40. The van der Waals surface area contributed by atoms with Crippen molar-refractivity contribution in [1.29, 1.82) is 0 Å². The van der Waals surface area contributed by atoms with E-state index in [1.54, 1.807) is 0 Å². The molecule has 1 heterocycles. The number of nitrogens with one attached hydrogen (secondary N) is 1. The average molecular weight is 352 g/mol. The number of rotatable bonds is 4. The zero-order valence-corrected chi connectivity index (χ0v) is 13.7. The fraction of sp³-hybridized carbons (Fsp3) is 0.462. The van der Waals surface area contributed by atoms with Gasteiger partial charge in [-0.3, -0.25) is 4.79 Å². The summed E-state index contributed by atoms with van der Waals surface area (Å²) in [5.74, 6) is -0.396. The third kappa shape index (κ3) is 4.10. The second kappa shape index (κ2) is 6.52. The Labute approximate surface area is 133 Å². The minimum atomic E-state index is -3.96. The first-order chi connectivity index (χ1) is 9.79. The van der Waals surface area contributed by atoms with Gasteiger partial charge in [0.1, 0.15) is 0 Å². The maximum atomic E-state index is 12.2. The molecule has 0 radical (unpaired) electrons. The molecular weight excluding hydrogens is 337 g/mol. The van der Waals surface area contributed by atoms with Crippen LogP contribution in [0.5, 0.6) is 0 Å². The summed E-state index contributed by atoms with van der Waals surface area (Å²) >= 11 is 5.87. The zero-order valence-electron chi connectivity index (χ0n) is 11.4. The van der Waals surface area contributed by atoms with E-state index in [4.69, 9.17) is 27.0 Å². The number of hydrogen-bond donors (Lipinski definition) is 1. The van der Waals surface area contributed by atoms with Crippen molar-refractivity contribution in [3.8, 4) is 0 Å². The second-order valence-corrected chi connectivity index (χ2v) is 7.83. The molecule has 1 amide bonds. The lowest BCUT2D eigenvalue weighted by Gasteiger charge is -2.13. The highest BCUT2D eigenvalue weighted by Crippen LogP contribution is 2.27. The fourth-order valence-corrected chi connectivity index (χ4v) is 3.76. The summed E-state index contributed by atoms with van der Waals surface area (Å²) in [5, 5.41) is 2.87. The molecule has 2 rings (SSSR count). The fourth-order valence-electron chi connectivity index (χ4n) is 2.25. The van der Waals surface area contributed by atoms with Crippen LogP contribution in [-0.2, 0) is 13.8 Å². The molecule has 1 unspecified atom stereocenters. The van der Waals surface area contributed by atoms with Crippen molar-refractivity contribution in [2.45, 2.75) is 30.8 Å². The van der Waals surface area contributed by atoms with Crippen LogP contribution in [0.25, 0.3) is 0 Å². The largest absolute Gasteiger partial charge is 0.376 e. The maximum Gasteiger partial charge on any atom is 0.261 e. The van der Waals surface area contributed by atoms with E-state index in [1.807, 2.05) is 0 Å². The van der Waals surface area contributed by atoms with Crippen LogP contribution in [0.15, 0.2) is 17.0 Å². The van der Waals surface area contributed by atoms with Crippen molar-refractivity contribution in [3.05, 3.63) is 28.3 Å². The number of carbonyl (C=O) groups is 1. The molecule has 0 spiro atoms. The molecule has 1 fully saturated rings. The van der Waals surface area contributed by atoms with Crippen LogP contribution in [0.3, 0.4) is 0 Å². The molecule has 1 aromatic carbocycles. The smallest absolute Gasteiger partial charge is 0.261 e. The highest BCUT2D eigenvalue weighted by atomic mass is 35.7. The third-order valence-electron chi connectivity index (χ3n) is 3.35. The molecule has 1 N–H and O–H groups in total. The zero-order chi connectivity index (χ0) is 15.6. The Morgan fingerprint density at radius 3 is 2.76 bits per heavy atom. The van der Waals surface area contributed by atoms with Crippen LogP contribution in [-0.4, -0.2) is 33.6 Å². The maximum absolute atomic E-state index is 12.2. The molecule has 1 atom stereocenters. The average Bonchev–Trinajstić information content (AvgIpc) is 2.90. The summed E-state index contributed by atoms with van der Waals surface area (Å²) in [4.78, 5) is 12.0. The molecule has 0 saturated carbocycles. The van der Waals surface area contributed by atoms with Gasteiger partial charge >= 0.3 is 0 Å². The van der Waals surface area contributed by atoms with Gasteiger partial charge in [-0.1, -0.05) is 11.6 Å². The van der Waals surface area contributed by atoms with Crippen molar-refractivity contribution < 1.29 is 17.9 Å². The van der Waals surface area contributed by atoms with Gasteiger partial charge in [0.25, 0.3) is 15.0 Å². The lowest BCUT2D eigenvalue weighted by molar-refractivity contribution is 0.0857. The molecule has 0 bridgehead atoms. The van der Waals surface area contributed by atoms with E-state index < -0.39 is 15.0 Å². The molecule has 0 aromatic heterocycles. The van der Waals surface area contributed by atoms with Gasteiger partial charge in [0, 0.05) is 34.4 Å². The van der Waals surface area contributed by atoms with Crippen LogP contribution < -0.4 is 5.32 Å². The Morgan fingerprint density at radius 1 is 1.48 bits per heavy atom. The van der Waals surface area contributed by atoms with Crippen molar-refractivity contribution in [2.24, 2.45) is 0 Å². The van der Waals surface area contributed by atoms with Crippen LogP contribution in [0, 0.1) is 6.92 Å².